The van der Waals surface area contributed by atoms with Gasteiger partial charge >= 0.3 is 0 Å². The average molecular weight is 235 g/mol. The zero-order chi connectivity index (χ0) is 12.1. The molecule has 4 aliphatic rings. The molecule has 0 heterocycles. The molecule has 4 saturated carbocycles. The summed E-state index contributed by atoms with van der Waals surface area (Å²) in [6, 6.07) is 0. The zero-order valence-corrected chi connectivity index (χ0v) is 11.7. The Labute approximate surface area is 107 Å². The molecule has 0 aromatic rings. The third-order valence-corrected chi connectivity index (χ3v) is 6.15. The van der Waals surface area contributed by atoms with Crippen LogP contribution in [0.4, 0.5) is 0 Å². The van der Waals surface area contributed by atoms with Crippen molar-refractivity contribution in [2.24, 2.45) is 22.5 Å². The van der Waals surface area contributed by atoms with E-state index in [4.69, 9.17) is 5.73 Å². The van der Waals surface area contributed by atoms with Crippen LogP contribution in [0.15, 0.2) is 0 Å². The van der Waals surface area contributed by atoms with Crippen LogP contribution in [0.5, 0.6) is 0 Å². The average Bonchev–Trinajstić information content (AvgIpc) is 2.23. The van der Waals surface area contributed by atoms with Gasteiger partial charge < -0.3 is 5.73 Å². The van der Waals surface area contributed by atoms with E-state index in [0.717, 1.165) is 5.92 Å². The van der Waals surface area contributed by atoms with Gasteiger partial charge in [-0.25, -0.2) is 0 Å². The summed E-state index contributed by atoms with van der Waals surface area (Å²) in [5, 5.41) is 0. The highest BCUT2D eigenvalue weighted by Gasteiger charge is 2.60. The van der Waals surface area contributed by atoms with Crippen LogP contribution in [0.3, 0.4) is 0 Å². The number of unbranched alkanes of at least 4 members (excludes halogenated alkanes) is 1. The van der Waals surface area contributed by atoms with Gasteiger partial charge in [-0.2, -0.15) is 0 Å². The number of nitrogens with two attached hydrogens (primary N) is 1. The van der Waals surface area contributed by atoms with E-state index in [9.17, 15) is 0 Å². The van der Waals surface area contributed by atoms with Gasteiger partial charge in [-0.1, -0.05) is 33.1 Å². The fourth-order valence-electron chi connectivity index (χ4n) is 6.15. The third-order valence-electron chi connectivity index (χ3n) is 6.15. The third kappa shape index (κ3) is 1.85. The Kier molecular flexibility index (Phi) is 2.63. The lowest BCUT2D eigenvalue weighted by molar-refractivity contribution is -0.127. The van der Waals surface area contributed by atoms with E-state index in [2.05, 4.69) is 13.8 Å². The largest absolute Gasteiger partial charge is 0.325 e. The van der Waals surface area contributed by atoms with Crippen LogP contribution < -0.4 is 5.73 Å². The molecule has 1 heteroatoms. The number of rotatable bonds is 4. The van der Waals surface area contributed by atoms with Crippen molar-refractivity contribution in [3.05, 3.63) is 0 Å². The van der Waals surface area contributed by atoms with Crippen molar-refractivity contribution in [3.8, 4) is 0 Å². The van der Waals surface area contributed by atoms with Crippen LogP contribution in [0.25, 0.3) is 0 Å². The van der Waals surface area contributed by atoms with E-state index in [1.54, 1.807) is 0 Å². The molecule has 0 aliphatic heterocycles. The van der Waals surface area contributed by atoms with Crippen LogP contribution in [0.1, 0.15) is 78.1 Å². The van der Waals surface area contributed by atoms with Crippen LogP contribution in [0.2, 0.25) is 0 Å². The minimum Gasteiger partial charge on any atom is -0.325 e. The monoisotopic (exact) mass is 235 g/mol. The molecule has 4 unspecified atom stereocenters. The molecule has 4 fully saturated rings. The van der Waals surface area contributed by atoms with Gasteiger partial charge in [0.1, 0.15) is 0 Å². The smallest absolute Gasteiger partial charge is 0.0167 e. The first-order chi connectivity index (χ1) is 8.03. The van der Waals surface area contributed by atoms with Crippen molar-refractivity contribution in [1.29, 1.82) is 0 Å². The van der Waals surface area contributed by atoms with Crippen molar-refractivity contribution < 1.29 is 0 Å². The summed E-state index contributed by atoms with van der Waals surface area (Å²) in [6.45, 7) is 4.73. The summed E-state index contributed by atoms with van der Waals surface area (Å²) in [4.78, 5) is 0. The molecule has 2 N–H and O–H groups in total. The molecule has 0 aromatic heterocycles. The molecular formula is C16H29N. The normalized spacial score (nSPS) is 52.1. The summed E-state index contributed by atoms with van der Waals surface area (Å²) in [6.07, 6.45) is 14.1. The quantitative estimate of drug-likeness (QED) is 0.774. The van der Waals surface area contributed by atoms with Gasteiger partial charge in [0.05, 0.1) is 0 Å². The lowest BCUT2D eigenvalue weighted by Gasteiger charge is -2.66. The predicted molar refractivity (Wildman–Crippen MR) is 72.8 cm³/mol. The summed E-state index contributed by atoms with van der Waals surface area (Å²) in [5.74, 6) is 0.966. The summed E-state index contributed by atoms with van der Waals surface area (Å²) < 4.78 is 0. The fourth-order valence-corrected chi connectivity index (χ4v) is 6.15. The second-order valence-electron chi connectivity index (χ2n) is 7.83. The van der Waals surface area contributed by atoms with E-state index in [1.165, 1.54) is 64.2 Å². The maximum absolute atomic E-state index is 6.74. The first-order valence-electron chi connectivity index (χ1n) is 7.82. The topological polar surface area (TPSA) is 26.0 Å². The van der Waals surface area contributed by atoms with Gasteiger partial charge in [0.25, 0.3) is 0 Å². The SMILES string of the molecule is CCCCC12CC3CC(N)(CC(CC)(C3)C1)C2. The van der Waals surface area contributed by atoms with Crippen LogP contribution in [-0.2, 0) is 0 Å². The minimum absolute atomic E-state index is 0.225. The van der Waals surface area contributed by atoms with Crippen molar-refractivity contribution in [2.75, 3.05) is 0 Å². The van der Waals surface area contributed by atoms with Crippen molar-refractivity contribution in [1.82, 2.24) is 0 Å². The van der Waals surface area contributed by atoms with Crippen molar-refractivity contribution in [3.63, 3.8) is 0 Å². The van der Waals surface area contributed by atoms with E-state index in [-0.39, 0.29) is 5.54 Å². The standard InChI is InChI=1S/C16H29N/c1-3-5-6-15-8-13-7-14(4-2,10-15)11-16(17,9-13)12-15/h13H,3-12,17H2,1-2H3. The fraction of sp³-hybridized carbons (Fsp3) is 1.00. The molecule has 0 aromatic carbocycles. The lowest BCUT2D eigenvalue weighted by Crippen LogP contribution is -2.63. The molecule has 0 spiro atoms. The highest BCUT2D eigenvalue weighted by Crippen LogP contribution is 2.68. The molecule has 4 bridgehead atoms. The zero-order valence-electron chi connectivity index (χ0n) is 11.7. The summed E-state index contributed by atoms with van der Waals surface area (Å²) in [7, 11) is 0. The first kappa shape index (κ1) is 12.0. The van der Waals surface area contributed by atoms with Crippen molar-refractivity contribution >= 4 is 0 Å². The van der Waals surface area contributed by atoms with Gasteiger partial charge in [-0.15, -0.1) is 0 Å². The second kappa shape index (κ2) is 3.73. The number of hydrogen-bond donors (Lipinski definition) is 1. The second-order valence-corrected chi connectivity index (χ2v) is 7.83. The molecule has 4 aliphatic carbocycles. The molecule has 0 amide bonds. The highest BCUT2D eigenvalue weighted by atomic mass is 14.8. The Morgan fingerprint density at radius 2 is 1.71 bits per heavy atom. The molecule has 4 atom stereocenters. The van der Waals surface area contributed by atoms with Crippen LogP contribution in [-0.4, -0.2) is 5.54 Å². The van der Waals surface area contributed by atoms with E-state index in [0.29, 0.717) is 10.8 Å². The van der Waals surface area contributed by atoms with Gasteiger partial charge in [0, 0.05) is 5.54 Å². The Morgan fingerprint density at radius 1 is 1.00 bits per heavy atom. The van der Waals surface area contributed by atoms with E-state index in [1.807, 2.05) is 0 Å². The molecule has 1 nitrogen and oxygen atoms in total. The maximum Gasteiger partial charge on any atom is 0.0167 e. The Balaban J connectivity index is 1.87. The Hall–Kier alpha value is -0.0400. The predicted octanol–water partition coefficient (Wildman–Crippen LogP) is 4.25. The summed E-state index contributed by atoms with van der Waals surface area (Å²) in [5.41, 5.74) is 8.26. The first-order valence-corrected chi connectivity index (χ1v) is 7.82. The Bertz CT molecular complexity index is 313. The molecule has 0 saturated heterocycles. The van der Waals surface area contributed by atoms with Gasteiger partial charge in [-0.05, 0) is 61.7 Å². The minimum atomic E-state index is 0.225. The number of hydrogen-bond acceptors (Lipinski definition) is 1. The lowest BCUT2D eigenvalue weighted by atomic mass is 9.41. The summed E-state index contributed by atoms with van der Waals surface area (Å²) >= 11 is 0. The van der Waals surface area contributed by atoms with Crippen molar-refractivity contribution in [2.45, 2.75) is 83.6 Å². The molecule has 98 valence electrons. The molecule has 4 rings (SSSR count). The van der Waals surface area contributed by atoms with Crippen LogP contribution >= 0.6 is 0 Å². The van der Waals surface area contributed by atoms with E-state index < -0.39 is 0 Å². The Morgan fingerprint density at radius 3 is 2.35 bits per heavy atom. The molecule has 0 radical (unpaired) electrons. The van der Waals surface area contributed by atoms with E-state index >= 15 is 0 Å². The molecule has 17 heavy (non-hydrogen) atoms. The van der Waals surface area contributed by atoms with Gasteiger partial charge in [0.15, 0.2) is 0 Å². The maximum atomic E-state index is 6.74. The van der Waals surface area contributed by atoms with Crippen LogP contribution in [0, 0.1) is 16.7 Å². The highest BCUT2D eigenvalue weighted by molar-refractivity contribution is 5.14. The van der Waals surface area contributed by atoms with Gasteiger partial charge in [-0.3, -0.25) is 0 Å². The molecular weight excluding hydrogens is 206 g/mol. The van der Waals surface area contributed by atoms with Gasteiger partial charge in [0.2, 0.25) is 0 Å².